The molecule has 1 aromatic rings. The van der Waals surface area contributed by atoms with Gasteiger partial charge in [-0.05, 0) is 37.4 Å². The second-order valence-corrected chi connectivity index (χ2v) is 6.33. The molecule has 1 amide bonds. The fourth-order valence-electron chi connectivity index (χ4n) is 3.36. The van der Waals surface area contributed by atoms with E-state index in [0.717, 1.165) is 58.5 Å². The van der Waals surface area contributed by atoms with Crippen LogP contribution in [0.4, 0.5) is 5.82 Å². The fourth-order valence-corrected chi connectivity index (χ4v) is 3.36. The summed E-state index contributed by atoms with van der Waals surface area (Å²) in [4.78, 5) is 20.3. The van der Waals surface area contributed by atoms with E-state index in [2.05, 4.69) is 21.3 Å². The summed E-state index contributed by atoms with van der Waals surface area (Å²) in [5.74, 6) is 1.55. The number of hydrogen-bond donors (Lipinski definition) is 1. The minimum absolute atomic E-state index is 0.307. The van der Waals surface area contributed by atoms with Crippen molar-refractivity contribution in [1.82, 2.24) is 14.8 Å². The first-order valence-corrected chi connectivity index (χ1v) is 8.35. The SMILES string of the molecule is N#Cc1cccnc1NC[C@H]1CCN(CCN2CCCC2=O)C1. The maximum atomic E-state index is 11.6. The van der Waals surface area contributed by atoms with Crippen molar-refractivity contribution >= 4 is 11.7 Å². The van der Waals surface area contributed by atoms with E-state index in [1.54, 1.807) is 18.3 Å². The highest BCUT2D eigenvalue weighted by Gasteiger charge is 2.25. The Morgan fingerprint density at radius 1 is 1.39 bits per heavy atom. The van der Waals surface area contributed by atoms with E-state index in [-0.39, 0.29) is 0 Å². The van der Waals surface area contributed by atoms with Gasteiger partial charge in [0.2, 0.25) is 5.91 Å². The van der Waals surface area contributed by atoms with E-state index in [4.69, 9.17) is 5.26 Å². The number of carbonyl (C=O) groups is 1. The molecule has 3 rings (SSSR count). The molecule has 2 aliphatic heterocycles. The smallest absolute Gasteiger partial charge is 0.222 e. The van der Waals surface area contributed by atoms with E-state index >= 15 is 0 Å². The van der Waals surface area contributed by atoms with Crippen molar-refractivity contribution < 1.29 is 4.79 Å². The quantitative estimate of drug-likeness (QED) is 0.857. The van der Waals surface area contributed by atoms with Crippen molar-refractivity contribution in [2.45, 2.75) is 19.3 Å². The van der Waals surface area contributed by atoms with Crippen molar-refractivity contribution in [2.75, 3.05) is 44.6 Å². The van der Waals surface area contributed by atoms with Crippen LogP contribution in [0.3, 0.4) is 0 Å². The fraction of sp³-hybridized carbons (Fsp3) is 0.588. The lowest BCUT2D eigenvalue weighted by Crippen LogP contribution is -2.35. The predicted octanol–water partition coefficient (Wildman–Crippen LogP) is 1.31. The molecule has 1 N–H and O–H groups in total. The zero-order valence-corrected chi connectivity index (χ0v) is 13.4. The molecule has 0 aromatic carbocycles. The lowest BCUT2D eigenvalue weighted by molar-refractivity contribution is -0.127. The Hall–Kier alpha value is -2.13. The number of amides is 1. The van der Waals surface area contributed by atoms with Crippen LogP contribution in [-0.4, -0.2) is 60.0 Å². The van der Waals surface area contributed by atoms with Gasteiger partial charge in [-0.25, -0.2) is 4.98 Å². The highest BCUT2D eigenvalue weighted by Crippen LogP contribution is 2.18. The van der Waals surface area contributed by atoms with E-state index in [0.29, 0.717) is 23.2 Å². The molecule has 0 radical (unpaired) electrons. The zero-order valence-electron chi connectivity index (χ0n) is 13.4. The molecule has 6 nitrogen and oxygen atoms in total. The molecular weight excluding hydrogens is 290 g/mol. The number of aromatic nitrogens is 1. The first-order valence-electron chi connectivity index (χ1n) is 8.35. The van der Waals surface area contributed by atoms with Gasteiger partial charge in [0.1, 0.15) is 11.9 Å². The number of carbonyl (C=O) groups excluding carboxylic acids is 1. The first kappa shape index (κ1) is 15.8. The Balaban J connectivity index is 1.41. The number of likely N-dealkylation sites (tertiary alicyclic amines) is 2. The number of nitrogens with zero attached hydrogens (tertiary/aromatic N) is 4. The van der Waals surface area contributed by atoms with Gasteiger partial charge in [0.05, 0.1) is 5.56 Å². The Morgan fingerprint density at radius 2 is 2.30 bits per heavy atom. The summed E-state index contributed by atoms with van der Waals surface area (Å²) < 4.78 is 0. The van der Waals surface area contributed by atoms with Crippen molar-refractivity contribution in [2.24, 2.45) is 5.92 Å². The first-order chi connectivity index (χ1) is 11.3. The lowest BCUT2D eigenvalue weighted by Gasteiger charge is -2.21. The molecule has 0 saturated carbocycles. The standard InChI is InChI=1S/C17H23N5O/c18-11-15-3-1-6-19-17(15)20-12-14-5-8-21(13-14)9-10-22-7-2-4-16(22)23/h1,3,6,14H,2,4-5,7-10,12-13H2,(H,19,20)/t14-/m1/s1. The molecule has 0 unspecified atom stereocenters. The van der Waals surface area contributed by atoms with Crippen LogP contribution in [0, 0.1) is 17.2 Å². The third-order valence-electron chi connectivity index (χ3n) is 4.71. The second-order valence-electron chi connectivity index (χ2n) is 6.33. The minimum Gasteiger partial charge on any atom is -0.369 e. The molecule has 2 fully saturated rings. The van der Waals surface area contributed by atoms with Gasteiger partial charge in [-0.3, -0.25) is 4.79 Å². The van der Waals surface area contributed by atoms with Gasteiger partial charge in [-0.1, -0.05) is 0 Å². The summed E-state index contributed by atoms with van der Waals surface area (Å²) in [6, 6.07) is 5.72. The average molecular weight is 313 g/mol. The normalized spacial score (nSPS) is 21.6. The molecule has 1 aromatic heterocycles. The van der Waals surface area contributed by atoms with E-state index < -0.39 is 0 Å². The summed E-state index contributed by atoms with van der Waals surface area (Å²) in [5, 5.41) is 12.4. The molecule has 2 saturated heterocycles. The largest absolute Gasteiger partial charge is 0.369 e. The van der Waals surface area contributed by atoms with E-state index in [1.807, 2.05) is 4.90 Å². The van der Waals surface area contributed by atoms with Gasteiger partial charge in [0.25, 0.3) is 0 Å². The van der Waals surface area contributed by atoms with E-state index in [9.17, 15) is 4.79 Å². The number of nitrogens with one attached hydrogen (secondary N) is 1. The minimum atomic E-state index is 0.307. The molecule has 3 heterocycles. The number of nitriles is 1. The average Bonchev–Trinajstić information content (AvgIpc) is 3.20. The van der Waals surface area contributed by atoms with Crippen molar-refractivity contribution in [3.63, 3.8) is 0 Å². The van der Waals surface area contributed by atoms with Gasteiger partial charge in [-0.15, -0.1) is 0 Å². The highest BCUT2D eigenvalue weighted by molar-refractivity contribution is 5.78. The van der Waals surface area contributed by atoms with Crippen LogP contribution in [0.15, 0.2) is 18.3 Å². The molecule has 0 bridgehead atoms. The Labute approximate surface area is 137 Å². The molecule has 1 atom stereocenters. The van der Waals surface area contributed by atoms with Gasteiger partial charge in [0.15, 0.2) is 0 Å². The number of pyridine rings is 1. The molecule has 6 heteroatoms. The van der Waals surface area contributed by atoms with Gasteiger partial charge in [0, 0.05) is 45.3 Å². The van der Waals surface area contributed by atoms with Crippen LogP contribution in [-0.2, 0) is 4.79 Å². The monoisotopic (exact) mass is 313 g/mol. The van der Waals surface area contributed by atoms with E-state index in [1.165, 1.54) is 0 Å². The molecule has 122 valence electrons. The number of hydrogen-bond acceptors (Lipinski definition) is 5. The van der Waals surface area contributed by atoms with Crippen molar-refractivity contribution in [3.05, 3.63) is 23.9 Å². The summed E-state index contributed by atoms with van der Waals surface area (Å²) in [6.45, 7) is 5.72. The summed E-state index contributed by atoms with van der Waals surface area (Å²) in [7, 11) is 0. The van der Waals surface area contributed by atoms with Crippen LogP contribution in [0.2, 0.25) is 0 Å². The summed E-state index contributed by atoms with van der Waals surface area (Å²) >= 11 is 0. The maximum Gasteiger partial charge on any atom is 0.222 e. The summed E-state index contributed by atoms with van der Waals surface area (Å²) in [5.41, 5.74) is 0.592. The van der Waals surface area contributed by atoms with Crippen LogP contribution in [0.1, 0.15) is 24.8 Å². The molecule has 0 spiro atoms. The lowest BCUT2D eigenvalue weighted by atomic mass is 10.1. The maximum absolute atomic E-state index is 11.6. The molecular formula is C17H23N5O. The third-order valence-corrected chi connectivity index (χ3v) is 4.71. The van der Waals surface area contributed by atoms with Gasteiger partial charge < -0.3 is 15.1 Å². The Morgan fingerprint density at radius 3 is 3.09 bits per heavy atom. The van der Waals surface area contributed by atoms with Crippen LogP contribution < -0.4 is 5.32 Å². The number of anilines is 1. The topological polar surface area (TPSA) is 72.3 Å². The predicted molar refractivity (Wildman–Crippen MR) is 87.8 cm³/mol. The molecule has 2 aliphatic rings. The zero-order chi connectivity index (χ0) is 16.1. The Kier molecular flexibility index (Phi) is 5.09. The van der Waals surface area contributed by atoms with Crippen molar-refractivity contribution in [3.8, 4) is 6.07 Å². The molecule has 23 heavy (non-hydrogen) atoms. The second kappa shape index (κ2) is 7.42. The van der Waals surface area contributed by atoms with Crippen LogP contribution >= 0.6 is 0 Å². The highest BCUT2D eigenvalue weighted by atomic mass is 16.2. The van der Waals surface area contributed by atoms with Crippen LogP contribution in [0.5, 0.6) is 0 Å². The Bertz CT molecular complexity index is 597. The van der Waals surface area contributed by atoms with Gasteiger partial charge >= 0.3 is 0 Å². The number of rotatable bonds is 6. The molecule has 0 aliphatic carbocycles. The third kappa shape index (κ3) is 3.99. The van der Waals surface area contributed by atoms with Crippen molar-refractivity contribution in [1.29, 1.82) is 5.26 Å². The van der Waals surface area contributed by atoms with Gasteiger partial charge in [-0.2, -0.15) is 5.26 Å². The van der Waals surface area contributed by atoms with Crippen LogP contribution in [0.25, 0.3) is 0 Å². The summed E-state index contributed by atoms with van der Waals surface area (Å²) in [6.07, 6.45) is 4.58.